The predicted octanol–water partition coefficient (Wildman–Crippen LogP) is 16.8. The monoisotopic (exact) mass is 873 g/mol. The molecule has 0 bridgehead atoms. The second-order valence-electron chi connectivity index (χ2n) is 16.4. The van der Waals surface area contributed by atoms with Crippen LogP contribution in [0.1, 0.15) is 213 Å². The smallest absolute Gasteiger partial charge is 0.310 e. The fraction of sp³-hybridized carbons (Fsp3) is 0.632. The maximum atomic E-state index is 12.7. The molecule has 0 rings (SSSR count). The van der Waals surface area contributed by atoms with Gasteiger partial charge in [0.1, 0.15) is 13.2 Å². The van der Waals surface area contributed by atoms with Crippen LogP contribution in [0.4, 0.5) is 0 Å². The second-order valence-corrected chi connectivity index (χ2v) is 16.4. The maximum absolute atomic E-state index is 12.7. The summed E-state index contributed by atoms with van der Waals surface area (Å²) in [5, 5.41) is 0. The van der Waals surface area contributed by atoms with Crippen molar-refractivity contribution in [1.29, 1.82) is 0 Å². The minimum absolute atomic E-state index is 0.0886. The topological polar surface area (TPSA) is 78.9 Å². The summed E-state index contributed by atoms with van der Waals surface area (Å²) in [6.07, 6.45) is 68.1. The molecule has 6 nitrogen and oxygen atoms in total. The summed E-state index contributed by atoms with van der Waals surface area (Å²) in [5.41, 5.74) is 0. The molecule has 0 saturated heterocycles. The highest BCUT2D eigenvalue weighted by molar-refractivity contribution is 5.72. The lowest BCUT2D eigenvalue weighted by atomic mass is 10.1. The number of ether oxygens (including phenoxy) is 3. The summed E-state index contributed by atoms with van der Waals surface area (Å²) >= 11 is 0. The first-order valence-electron chi connectivity index (χ1n) is 25.4. The van der Waals surface area contributed by atoms with Crippen molar-refractivity contribution < 1.29 is 28.6 Å². The van der Waals surface area contributed by atoms with Crippen molar-refractivity contribution >= 4 is 17.9 Å². The van der Waals surface area contributed by atoms with Gasteiger partial charge in [-0.05, 0) is 103 Å². The van der Waals surface area contributed by atoms with Crippen LogP contribution in [0.15, 0.2) is 109 Å². The van der Waals surface area contributed by atoms with E-state index in [1.54, 1.807) is 6.08 Å². The molecule has 0 radical (unpaired) electrons. The predicted molar refractivity (Wildman–Crippen MR) is 270 cm³/mol. The summed E-state index contributed by atoms with van der Waals surface area (Å²) in [6, 6.07) is 0. The number of unbranched alkanes of at least 4 members (excludes halogenated alkanes) is 16. The first kappa shape index (κ1) is 59.1. The van der Waals surface area contributed by atoms with E-state index < -0.39 is 12.1 Å². The van der Waals surface area contributed by atoms with E-state index in [-0.39, 0.29) is 31.6 Å². The maximum Gasteiger partial charge on any atom is 0.310 e. The number of hydrogen-bond acceptors (Lipinski definition) is 6. The van der Waals surface area contributed by atoms with E-state index in [0.717, 1.165) is 109 Å². The lowest BCUT2D eigenvalue weighted by Gasteiger charge is -2.18. The van der Waals surface area contributed by atoms with Crippen LogP contribution in [0.5, 0.6) is 0 Å². The highest BCUT2D eigenvalue weighted by Gasteiger charge is 2.19. The van der Waals surface area contributed by atoms with Gasteiger partial charge in [-0.25, -0.2) is 0 Å². The molecule has 0 aliphatic rings. The van der Waals surface area contributed by atoms with E-state index in [2.05, 4.69) is 118 Å². The highest BCUT2D eigenvalue weighted by atomic mass is 16.6. The molecule has 1 unspecified atom stereocenters. The third kappa shape index (κ3) is 49.0. The van der Waals surface area contributed by atoms with E-state index in [4.69, 9.17) is 14.2 Å². The molecule has 0 aliphatic heterocycles. The average molecular weight is 873 g/mol. The number of allylic oxidation sites excluding steroid dienone is 17. The molecular weight excluding hydrogens is 781 g/mol. The van der Waals surface area contributed by atoms with Crippen molar-refractivity contribution in [3.05, 3.63) is 109 Å². The Kier molecular flexibility index (Phi) is 47.5. The molecule has 0 aliphatic carbocycles. The molecule has 63 heavy (non-hydrogen) atoms. The molecule has 6 heteroatoms. The zero-order valence-electron chi connectivity index (χ0n) is 40.5. The molecular formula is C57H92O6. The Morgan fingerprint density at radius 2 is 0.698 bits per heavy atom. The van der Waals surface area contributed by atoms with Gasteiger partial charge in [-0.15, -0.1) is 0 Å². The van der Waals surface area contributed by atoms with Gasteiger partial charge >= 0.3 is 17.9 Å². The van der Waals surface area contributed by atoms with Gasteiger partial charge in [0.15, 0.2) is 6.10 Å². The Labute approximate surface area is 387 Å². The quantitative estimate of drug-likeness (QED) is 0.0263. The SMILES string of the molecule is CC/C=C\C/C=C\C/C=C\C/C=C\C/C=C\CC(=O)OC(COC(=O)CCCCCCC/C=C\C/C=C\CCC)COC(=O)CCCCCCCCC/C=C\C/C=C\CCCCC. The first-order chi connectivity index (χ1) is 31.0. The molecule has 0 saturated carbocycles. The summed E-state index contributed by atoms with van der Waals surface area (Å²) < 4.78 is 16.7. The Morgan fingerprint density at radius 3 is 1.11 bits per heavy atom. The lowest BCUT2D eigenvalue weighted by molar-refractivity contribution is -0.166. The molecule has 0 aromatic rings. The first-order valence-corrected chi connectivity index (χ1v) is 25.4. The van der Waals surface area contributed by atoms with Gasteiger partial charge < -0.3 is 14.2 Å². The van der Waals surface area contributed by atoms with Crippen LogP contribution in [-0.4, -0.2) is 37.2 Å². The van der Waals surface area contributed by atoms with E-state index in [0.29, 0.717) is 19.3 Å². The minimum Gasteiger partial charge on any atom is -0.462 e. The Bertz CT molecular complexity index is 1330. The van der Waals surface area contributed by atoms with Crippen molar-refractivity contribution in [1.82, 2.24) is 0 Å². The normalized spacial score (nSPS) is 13.0. The van der Waals surface area contributed by atoms with Gasteiger partial charge in [0.25, 0.3) is 0 Å². The Morgan fingerprint density at radius 1 is 0.349 bits per heavy atom. The van der Waals surface area contributed by atoms with Gasteiger partial charge in [0.2, 0.25) is 0 Å². The van der Waals surface area contributed by atoms with Crippen LogP contribution < -0.4 is 0 Å². The second kappa shape index (κ2) is 50.7. The number of carbonyl (C=O) groups excluding carboxylic acids is 3. The van der Waals surface area contributed by atoms with Crippen molar-refractivity contribution in [2.24, 2.45) is 0 Å². The van der Waals surface area contributed by atoms with Gasteiger partial charge in [-0.2, -0.15) is 0 Å². The Balaban J connectivity index is 4.54. The molecule has 0 aromatic heterocycles. The molecule has 0 amide bonds. The van der Waals surface area contributed by atoms with Crippen molar-refractivity contribution in [2.45, 2.75) is 219 Å². The molecule has 0 heterocycles. The number of esters is 3. The molecule has 0 fully saturated rings. The largest absolute Gasteiger partial charge is 0.462 e. The van der Waals surface area contributed by atoms with Gasteiger partial charge in [-0.1, -0.05) is 201 Å². The van der Waals surface area contributed by atoms with Crippen LogP contribution in [0, 0.1) is 0 Å². The summed E-state index contributed by atoms with van der Waals surface area (Å²) in [4.78, 5) is 37.9. The zero-order valence-corrected chi connectivity index (χ0v) is 40.5. The number of rotatable bonds is 44. The standard InChI is InChI=1S/C57H92O6/c1-4-7-10-13-16-19-22-25-27-28-30-32-35-38-41-44-47-50-56(59)62-53-54(52-61-55(58)49-46-43-40-37-34-31-24-21-18-15-12-9-6-3)63-57(60)51-48-45-42-39-36-33-29-26-23-20-17-14-11-8-5-2/h8,11-12,15-17,19-21,24-27,29,36,39,45,48,54H,4-7,9-10,13-14,18,22-23,28,30-35,37-38,40-44,46-47,49-53H2,1-3H3/b11-8-,15-12-,19-16-,20-17-,24-21-,27-25-,29-26-,39-36-,48-45-. The van der Waals surface area contributed by atoms with Crippen LogP contribution in [0.25, 0.3) is 0 Å². The van der Waals surface area contributed by atoms with E-state index in [1.165, 1.54) is 57.8 Å². The summed E-state index contributed by atoms with van der Waals surface area (Å²) in [6.45, 7) is 6.31. The van der Waals surface area contributed by atoms with Gasteiger partial charge in [-0.3, -0.25) is 14.4 Å². The average Bonchev–Trinajstić information content (AvgIpc) is 3.28. The third-order valence-corrected chi connectivity index (χ3v) is 10.2. The summed E-state index contributed by atoms with van der Waals surface area (Å²) in [5.74, 6) is -1.09. The lowest BCUT2D eigenvalue weighted by Crippen LogP contribution is -2.30. The summed E-state index contributed by atoms with van der Waals surface area (Å²) in [7, 11) is 0. The molecule has 0 aromatic carbocycles. The van der Waals surface area contributed by atoms with Crippen LogP contribution in [0.2, 0.25) is 0 Å². The van der Waals surface area contributed by atoms with E-state index in [1.807, 2.05) is 6.08 Å². The van der Waals surface area contributed by atoms with Crippen LogP contribution in [0.3, 0.4) is 0 Å². The number of carbonyl (C=O) groups is 3. The van der Waals surface area contributed by atoms with Crippen molar-refractivity contribution in [2.75, 3.05) is 13.2 Å². The van der Waals surface area contributed by atoms with E-state index in [9.17, 15) is 14.4 Å². The minimum atomic E-state index is -0.842. The van der Waals surface area contributed by atoms with Crippen LogP contribution in [-0.2, 0) is 28.6 Å². The van der Waals surface area contributed by atoms with Gasteiger partial charge in [0, 0.05) is 12.8 Å². The fourth-order valence-electron chi connectivity index (χ4n) is 6.47. The Hall–Kier alpha value is -3.93. The third-order valence-electron chi connectivity index (χ3n) is 10.2. The van der Waals surface area contributed by atoms with Crippen molar-refractivity contribution in [3.8, 4) is 0 Å². The molecule has 0 N–H and O–H groups in total. The zero-order chi connectivity index (χ0) is 45.8. The van der Waals surface area contributed by atoms with Crippen molar-refractivity contribution in [3.63, 3.8) is 0 Å². The van der Waals surface area contributed by atoms with Crippen LogP contribution >= 0.6 is 0 Å². The number of hydrogen-bond donors (Lipinski definition) is 0. The fourth-order valence-corrected chi connectivity index (χ4v) is 6.47. The van der Waals surface area contributed by atoms with E-state index >= 15 is 0 Å². The van der Waals surface area contributed by atoms with Gasteiger partial charge in [0.05, 0.1) is 6.42 Å². The molecule has 0 spiro atoms. The highest BCUT2D eigenvalue weighted by Crippen LogP contribution is 2.13. The molecule has 1 atom stereocenters. The molecule has 356 valence electrons.